The summed E-state index contributed by atoms with van der Waals surface area (Å²) in [7, 11) is 0. The van der Waals surface area contributed by atoms with Crippen molar-refractivity contribution in [2.75, 3.05) is 0 Å². The van der Waals surface area contributed by atoms with Gasteiger partial charge < -0.3 is 0 Å². The molecular weight excluding hydrogens is 60.1 g/mol. The van der Waals surface area contributed by atoms with Crippen LogP contribution in [0.2, 0.25) is 0 Å². The van der Waals surface area contributed by atoms with Gasteiger partial charge in [-0.15, -0.1) is 13.2 Å². The van der Waals surface area contributed by atoms with E-state index in [9.17, 15) is 0 Å². The van der Waals surface area contributed by atoms with Crippen molar-refractivity contribution < 1.29 is 0 Å². The van der Waals surface area contributed by atoms with Gasteiger partial charge in [-0.1, -0.05) is 0 Å². The smallest absolute Gasteiger partial charge is 0.0302 e. The molecule has 0 amide bonds. The van der Waals surface area contributed by atoms with E-state index in [1.807, 2.05) is 0 Å². The summed E-state index contributed by atoms with van der Waals surface area (Å²) in [5, 5.41) is 0. The first-order valence-corrected chi connectivity index (χ1v) is 1.50. The van der Waals surface area contributed by atoms with E-state index in [1.165, 1.54) is 0 Å². The van der Waals surface area contributed by atoms with Gasteiger partial charge in [0.25, 0.3) is 0 Å². The molecule has 0 aromatic rings. The predicted octanol–water partition coefficient (Wildman–Crippen LogP) is 1.85. The lowest BCUT2D eigenvalue weighted by molar-refractivity contribution is 1.41. The van der Waals surface area contributed by atoms with Gasteiger partial charge in [0.05, 0.1) is 0 Å². The highest BCUT2D eigenvalue weighted by molar-refractivity contribution is 4.34. The lowest BCUT2D eigenvalue weighted by Crippen LogP contribution is -1.30. The van der Waals surface area contributed by atoms with Gasteiger partial charge in [-0.2, -0.15) is 0 Å². The molecule has 0 aliphatic carbocycles. The molecule has 0 N–H and O–H groups in total. The molecule has 0 nitrogen and oxygen atoms in total. The maximum absolute atomic E-state index is 3.38. The summed E-state index contributed by atoms with van der Waals surface area (Å²) in [5.74, 6) is 0. The molecule has 0 aliphatic rings. The zero-order valence-corrected chi connectivity index (χ0v) is 3.54. The highest BCUT2D eigenvalue weighted by Crippen LogP contribution is 1.53. The first-order chi connectivity index (χ1) is 2.41. The van der Waals surface area contributed by atoms with Crippen LogP contribution in [0.3, 0.4) is 0 Å². The van der Waals surface area contributed by atoms with Crippen LogP contribution < -0.4 is 0 Å². The standard InChI is InChI=1S/C3H6.C2H4/c1-3-2;1-2/h1-3H2;1-2H2. The van der Waals surface area contributed by atoms with Gasteiger partial charge in [0.1, 0.15) is 0 Å². The van der Waals surface area contributed by atoms with Crippen molar-refractivity contribution in [2.24, 2.45) is 0 Å². The first-order valence-electron chi connectivity index (χ1n) is 1.50. The molecule has 0 spiro atoms. The minimum absolute atomic E-state index is 0.750. The van der Waals surface area contributed by atoms with Crippen molar-refractivity contribution in [3.05, 3.63) is 27.0 Å². The van der Waals surface area contributed by atoms with Crippen LogP contribution in [0.25, 0.3) is 0 Å². The van der Waals surface area contributed by atoms with E-state index in [4.69, 9.17) is 0 Å². The second kappa shape index (κ2) is 66.1. The normalized spacial score (nSPS) is 4.20. The molecule has 0 fully saturated rings. The van der Waals surface area contributed by atoms with Crippen LogP contribution >= 0.6 is 0 Å². The zero-order chi connectivity index (χ0) is 4.71. The fraction of sp³-hybridized carbons (Fsp3) is 0.200. The van der Waals surface area contributed by atoms with Crippen molar-refractivity contribution in [3.8, 4) is 0 Å². The zero-order valence-electron chi connectivity index (χ0n) is 3.54. The van der Waals surface area contributed by atoms with Crippen LogP contribution in [0, 0.1) is 13.8 Å². The molecule has 0 heteroatoms. The summed E-state index contributed by atoms with van der Waals surface area (Å²) in [5.41, 5.74) is 0. The second-order valence-corrected chi connectivity index (χ2v) is 0.354. The molecule has 0 bridgehead atoms. The number of rotatable bonds is 0. The van der Waals surface area contributed by atoms with Gasteiger partial charge in [0.15, 0.2) is 0 Å². The predicted molar refractivity (Wildman–Crippen MR) is 26.6 cm³/mol. The van der Waals surface area contributed by atoms with Gasteiger partial charge in [-0.25, -0.2) is 0 Å². The molecule has 30 valence electrons. The molecule has 5 heavy (non-hydrogen) atoms. The number of hydrogen-bond donors (Lipinski definition) is 0. The Morgan fingerprint density at radius 1 is 1.60 bits per heavy atom. The summed E-state index contributed by atoms with van der Waals surface area (Å²) in [6.45, 7) is 12.8. The fourth-order valence-corrected chi connectivity index (χ4v) is 0. The first kappa shape index (κ1) is 8.82. The van der Waals surface area contributed by atoms with Crippen LogP contribution in [0.15, 0.2) is 13.2 Å². The Morgan fingerprint density at radius 3 is 1.60 bits per heavy atom. The molecule has 0 unspecified atom stereocenters. The van der Waals surface area contributed by atoms with Gasteiger partial charge in [-0.3, -0.25) is 6.92 Å². The molecule has 0 radical (unpaired) electrons. The Balaban J connectivity index is 0. The van der Waals surface area contributed by atoms with Crippen molar-refractivity contribution in [1.82, 2.24) is 0 Å². The summed E-state index contributed by atoms with van der Waals surface area (Å²) in [4.78, 5) is 0. The molecule has 0 aromatic carbocycles. The van der Waals surface area contributed by atoms with Gasteiger partial charge in [-0.05, 0) is 6.42 Å². The lowest BCUT2D eigenvalue weighted by Gasteiger charge is -1.51. The maximum atomic E-state index is 3.38. The molecule has 0 atom stereocenters. The van der Waals surface area contributed by atoms with E-state index in [0.717, 1.165) is 6.42 Å². The number of hydrogen-bond acceptors (Lipinski definition) is 0. The minimum atomic E-state index is 0.750. The topological polar surface area (TPSA) is 0 Å². The van der Waals surface area contributed by atoms with Crippen molar-refractivity contribution in [1.29, 1.82) is 0 Å². The Bertz CT molecular complexity index is 4.00. The molecule has 0 heterocycles. The minimum Gasteiger partial charge on any atom is -0.300 e. The summed E-state index contributed by atoms with van der Waals surface area (Å²) in [6.07, 6.45) is 0.750. The van der Waals surface area contributed by atoms with E-state index in [1.54, 1.807) is 0 Å². The fourth-order valence-electron chi connectivity index (χ4n) is 0. The maximum Gasteiger partial charge on any atom is 0.0302 e. The van der Waals surface area contributed by atoms with E-state index in [-0.39, 0.29) is 0 Å². The third-order valence-electron chi connectivity index (χ3n) is 0. The summed E-state index contributed by atoms with van der Waals surface area (Å²) >= 11 is 0. The Kier molecular flexibility index (Phi) is 117. The lowest BCUT2D eigenvalue weighted by atomic mass is 10.6. The van der Waals surface area contributed by atoms with Crippen molar-refractivity contribution in [2.45, 2.75) is 6.42 Å². The molecule has 0 saturated heterocycles. The van der Waals surface area contributed by atoms with Gasteiger partial charge in [0.2, 0.25) is 0 Å². The Hall–Kier alpha value is -0.390. The molecule has 0 aromatic heterocycles. The van der Waals surface area contributed by atoms with Crippen LogP contribution in [0.4, 0.5) is 0 Å². The molecule has 0 aliphatic heterocycles. The second-order valence-electron chi connectivity index (χ2n) is 0.354. The SMILES string of the molecule is C=C.[CH2+]C[CH2-]. The third kappa shape index (κ3) is 61.5. The van der Waals surface area contributed by atoms with Crippen LogP contribution in [0.1, 0.15) is 6.42 Å². The highest BCUT2D eigenvalue weighted by atomic mass is 13.4. The molecule has 0 saturated carbocycles. The average Bonchev–Trinajstić information content (AvgIpc) is 1.46. The van der Waals surface area contributed by atoms with Crippen LogP contribution in [-0.4, -0.2) is 0 Å². The van der Waals surface area contributed by atoms with Crippen LogP contribution in [0.5, 0.6) is 0 Å². The van der Waals surface area contributed by atoms with Gasteiger partial charge >= 0.3 is 0 Å². The quantitative estimate of drug-likeness (QED) is 0.301. The Labute approximate surface area is 34.5 Å². The van der Waals surface area contributed by atoms with E-state index >= 15 is 0 Å². The average molecular weight is 70.1 g/mol. The summed E-state index contributed by atoms with van der Waals surface area (Å²) < 4.78 is 0. The Morgan fingerprint density at radius 2 is 1.60 bits per heavy atom. The third-order valence-corrected chi connectivity index (χ3v) is 0. The van der Waals surface area contributed by atoms with E-state index in [2.05, 4.69) is 27.0 Å². The van der Waals surface area contributed by atoms with Crippen molar-refractivity contribution in [3.63, 3.8) is 0 Å². The van der Waals surface area contributed by atoms with E-state index in [0.29, 0.717) is 0 Å². The molecule has 0 rings (SSSR count). The summed E-state index contributed by atoms with van der Waals surface area (Å²) in [6, 6.07) is 0. The monoisotopic (exact) mass is 70.1 g/mol. The van der Waals surface area contributed by atoms with E-state index < -0.39 is 0 Å². The van der Waals surface area contributed by atoms with Crippen LogP contribution in [-0.2, 0) is 0 Å². The molecular formula is C5H10. The van der Waals surface area contributed by atoms with Gasteiger partial charge in [0, 0.05) is 6.92 Å². The van der Waals surface area contributed by atoms with Crippen molar-refractivity contribution >= 4 is 0 Å². The largest absolute Gasteiger partial charge is 0.300 e. The highest BCUT2D eigenvalue weighted by Gasteiger charge is 1.34.